The first-order valence-electron chi connectivity index (χ1n) is 12.8. The largest absolute Gasteiger partial charge is 0.508 e. The number of carbonyl (C=O) groups is 1. The van der Waals surface area contributed by atoms with Crippen molar-refractivity contribution in [2.24, 2.45) is 5.92 Å². The van der Waals surface area contributed by atoms with Crippen LogP contribution in [0, 0.1) is 5.92 Å². The topological polar surface area (TPSA) is 111 Å². The van der Waals surface area contributed by atoms with Gasteiger partial charge in [0.2, 0.25) is 0 Å². The Hall–Kier alpha value is -2.29. The SMILES string of the molecule is COCC1(NC(=O)/C(C)=C(\O)[C@@H]2Oc3c(O)ccc4c3[C@@]23CCN(CC2CC2)[C@H](C4)[C@@]3(C)O)CC1. The highest BCUT2D eigenvalue weighted by molar-refractivity contribution is 5.94. The molecule has 1 amide bonds. The van der Waals surface area contributed by atoms with E-state index in [1.807, 2.05) is 13.0 Å². The third kappa shape index (κ3) is 3.26. The van der Waals surface area contributed by atoms with Crippen LogP contribution in [0.5, 0.6) is 11.5 Å². The van der Waals surface area contributed by atoms with Crippen molar-refractivity contribution >= 4 is 5.91 Å². The number of nitrogens with one attached hydrogen (secondary N) is 1. The van der Waals surface area contributed by atoms with Crippen LogP contribution >= 0.6 is 0 Å². The number of carbonyl (C=O) groups excluding carboxylic acids is 1. The van der Waals surface area contributed by atoms with Gasteiger partial charge in [-0.15, -0.1) is 0 Å². The third-order valence-corrected chi connectivity index (χ3v) is 9.37. The molecule has 8 heteroatoms. The number of nitrogens with zero attached hydrogens (tertiary/aromatic N) is 1. The second kappa shape index (κ2) is 7.60. The minimum atomic E-state index is -1.23. The molecule has 0 aromatic heterocycles. The molecule has 2 saturated carbocycles. The molecule has 2 aliphatic heterocycles. The minimum absolute atomic E-state index is 0.00721. The van der Waals surface area contributed by atoms with Gasteiger partial charge in [0, 0.05) is 25.3 Å². The van der Waals surface area contributed by atoms with Gasteiger partial charge in [0.05, 0.1) is 28.7 Å². The predicted octanol–water partition coefficient (Wildman–Crippen LogP) is 2.31. The molecule has 0 unspecified atom stereocenters. The molecule has 3 aliphatic carbocycles. The number of ether oxygens (including phenoxy) is 2. The highest BCUT2D eigenvalue weighted by Gasteiger charge is 2.69. The van der Waals surface area contributed by atoms with E-state index in [1.54, 1.807) is 20.1 Å². The monoisotopic (exact) mass is 484 g/mol. The van der Waals surface area contributed by atoms with Gasteiger partial charge in [-0.2, -0.15) is 0 Å². The number of aromatic hydroxyl groups is 1. The van der Waals surface area contributed by atoms with Crippen molar-refractivity contribution in [2.75, 3.05) is 26.8 Å². The van der Waals surface area contributed by atoms with Gasteiger partial charge in [-0.05, 0) is 76.5 Å². The molecule has 1 spiro atoms. The number of piperidine rings is 1. The average Bonchev–Trinajstić information content (AvgIpc) is 3.73. The van der Waals surface area contributed by atoms with E-state index in [0.29, 0.717) is 31.1 Å². The van der Waals surface area contributed by atoms with Crippen molar-refractivity contribution in [1.29, 1.82) is 0 Å². The van der Waals surface area contributed by atoms with Gasteiger partial charge in [0.1, 0.15) is 5.76 Å². The summed E-state index contributed by atoms with van der Waals surface area (Å²) in [5.74, 6) is 0.449. The molecule has 1 aromatic carbocycles. The van der Waals surface area contributed by atoms with Gasteiger partial charge >= 0.3 is 0 Å². The van der Waals surface area contributed by atoms with E-state index >= 15 is 0 Å². The van der Waals surface area contributed by atoms with Crippen LogP contribution < -0.4 is 10.1 Å². The maximum absolute atomic E-state index is 13.1. The Morgan fingerprint density at radius 3 is 2.69 bits per heavy atom. The van der Waals surface area contributed by atoms with Gasteiger partial charge in [0.25, 0.3) is 5.91 Å². The van der Waals surface area contributed by atoms with E-state index in [-0.39, 0.29) is 34.6 Å². The first kappa shape index (κ1) is 23.1. The number of fused-ring (bicyclic) bond motifs is 1. The van der Waals surface area contributed by atoms with Crippen LogP contribution in [0.15, 0.2) is 23.5 Å². The van der Waals surface area contributed by atoms with Crippen LogP contribution in [0.3, 0.4) is 0 Å². The molecule has 190 valence electrons. The summed E-state index contributed by atoms with van der Waals surface area (Å²) >= 11 is 0. The molecule has 3 fully saturated rings. The predicted molar refractivity (Wildman–Crippen MR) is 129 cm³/mol. The highest BCUT2D eigenvalue weighted by atomic mass is 16.5. The first-order valence-corrected chi connectivity index (χ1v) is 12.8. The van der Waals surface area contributed by atoms with Crippen molar-refractivity contribution in [3.8, 4) is 11.5 Å². The molecule has 8 nitrogen and oxygen atoms in total. The van der Waals surface area contributed by atoms with Crippen molar-refractivity contribution < 1.29 is 29.6 Å². The van der Waals surface area contributed by atoms with Gasteiger partial charge in [-0.25, -0.2) is 0 Å². The molecule has 5 aliphatic rings. The zero-order valence-electron chi connectivity index (χ0n) is 20.8. The van der Waals surface area contributed by atoms with E-state index < -0.39 is 17.1 Å². The molecular weight excluding hydrogens is 448 g/mol. The Bertz CT molecular complexity index is 1110. The molecular formula is C27H36N2O6. The quantitative estimate of drug-likeness (QED) is 0.347. The van der Waals surface area contributed by atoms with Crippen molar-refractivity contribution in [1.82, 2.24) is 10.2 Å². The number of hydrogen-bond donors (Lipinski definition) is 4. The number of benzene rings is 1. The Morgan fingerprint density at radius 1 is 1.29 bits per heavy atom. The van der Waals surface area contributed by atoms with Crippen LogP contribution in [0.1, 0.15) is 57.1 Å². The molecule has 2 bridgehead atoms. The van der Waals surface area contributed by atoms with E-state index in [4.69, 9.17) is 9.47 Å². The van der Waals surface area contributed by atoms with Crippen molar-refractivity contribution in [3.05, 3.63) is 34.6 Å². The maximum Gasteiger partial charge on any atom is 0.250 e. The van der Waals surface area contributed by atoms with E-state index in [0.717, 1.165) is 37.1 Å². The summed E-state index contributed by atoms with van der Waals surface area (Å²) in [6, 6.07) is 3.41. The van der Waals surface area contributed by atoms with Crippen LogP contribution in [0.4, 0.5) is 0 Å². The van der Waals surface area contributed by atoms with Gasteiger partial charge < -0.3 is 30.1 Å². The first-order chi connectivity index (χ1) is 16.6. The van der Waals surface area contributed by atoms with Crippen LogP contribution in [0.2, 0.25) is 0 Å². The number of hydrogen-bond acceptors (Lipinski definition) is 7. The number of amides is 1. The Balaban J connectivity index is 1.41. The zero-order valence-corrected chi connectivity index (χ0v) is 20.8. The molecule has 4 N–H and O–H groups in total. The lowest BCUT2D eigenvalue weighted by molar-refractivity contribution is -0.153. The average molecular weight is 485 g/mol. The van der Waals surface area contributed by atoms with E-state index in [1.165, 1.54) is 12.8 Å². The fraction of sp³-hybridized carbons (Fsp3) is 0.667. The van der Waals surface area contributed by atoms with Gasteiger partial charge in [-0.3, -0.25) is 9.69 Å². The number of phenols is 1. The smallest absolute Gasteiger partial charge is 0.250 e. The second-order valence-electron chi connectivity index (χ2n) is 11.7. The zero-order chi connectivity index (χ0) is 24.8. The number of methoxy groups -OCH3 is 1. The van der Waals surface area contributed by atoms with Gasteiger partial charge in [-0.1, -0.05) is 6.07 Å². The number of phenolic OH excluding ortho intramolecular Hbond substituents is 1. The summed E-state index contributed by atoms with van der Waals surface area (Å²) in [5, 5.41) is 37.5. The summed E-state index contributed by atoms with van der Waals surface area (Å²) in [5.41, 5.74) is -0.591. The number of rotatable bonds is 7. The Morgan fingerprint density at radius 2 is 2.03 bits per heavy atom. The van der Waals surface area contributed by atoms with Crippen molar-refractivity contribution in [3.63, 3.8) is 0 Å². The summed E-state index contributed by atoms with van der Waals surface area (Å²) in [7, 11) is 1.61. The molecule has 2 heterocycles. The normalized spacial score (nSPS) is 35.1. The summed E-state index contributed by atoms with van der Waals surface area (Å²) < 4.78 is 11.5. The van der Waals surface area contributed by atoms with Crippen molar-refractivity contribution in [2.45, 2.75) is 81.1 Å². The Kier molecular flexibility index (Phi) is 5.03. The summed E-state index contributed by atoms with van der Waals surface area (Å²) in [6.07, 6.45) is 4.39. The van der Waals surface area contributed by atoms with Crippen LogP contribution in [0.25, 0.3) is 0 Å². The van der Waals surface area contributed by atoms with Gasteiger partial charge in [0.15, 0.2) is 17.6 Å². The molecule has 1 saturated heterocycles. The molecule has 35 heavy (non-hydrogen) atoms. The molecule has 6 rings (SSSR count). The third-order valence-electron chi connectivity index (χ3n) is 9.37. The lowest BCUT2D eigenvalue weighted by atomic mass is 9.53. The maximum atomic E-state index is 13.1. The fourth-order valence-corrected chi connectivity index (χ4v) is 6.95. The van der Waals surface area contributed by atoms with Crippen LogP contribution in [-0.2, 0) is 21.4 Å². The summed E-state index contributed by atoms with van der Waals surface area (Å²) in [6.45, 7) is 5.59. The lowest BCUT2D eigenvalue weighted by Crippen LogP contribution is -2.73. The fourth-order valence-electron chi connectivity index (χ4n) is 6.95. The Labute approximate surface area is 205 Å². The number of likely N-dealkylation sites (tertiary alicyclic amines) is 1. The second-order valence-corrected chi connectivity index (χ2v) is 11.7. The van der Waals surface area contributed by atoms with E-state index in [9.17, 15) is 20.1 Å². The van der Waals surface area contributed by atoms with Crippen LogP contribution in [-0.4, -0.2) is 76.2 Å². The minimum Gasteiger partial charge on any atom is -0.508 e. The lowest BCUT2D eigenvalue weighted by Gasteiger charge is -2.59. The molecule has 4 atom stereocenters. The summed E-state index contributed by atoms with van der Waals surface area (Å²) in [4.78, 5) is 15.5. The molecule has 1 aromatic rings. The standard InChI is InChI=1S/C27H36N2O6/c1-15(24(32)28-26(8-9-26)14-34-3)21(31)23-27-10-11-29(13-16-4-5-16)19(25(27,2)33)12-17-6-7-18(30)22(35-23)20(17)27/h6-7,16,19,23,30-31,33H,4-5,8-14H2,1-3H3,(H,28,32)/b21-15-/t19-,23+,25-,27+/m1/s1. The number of aliphatic hydroxyl groups is 2. The highest BCUT2D eigenvalue weighted by Crippen LogP contribution is 2.63. The molecule has 0 radical (unpaired) electrons. The number of aliphatic hydroxyl groups excluding tert-OH is 1. The van der Waals surface area contributed by atoms with E-state index in [2.05, 4.69) is 10.2 Å².